The zero-order valence-electron chi connectivity index (χ0n) is 7.55. The molecule has 1 aromatic heterocycles. The van der Waals surface area contributed by atoms with Gasteiger partial charge in [-0.3, -0.25) is 0 Å². The van der Waals surface area contributed by atoms with Crippen molar-refractivity contribution in [2.75, 3.05) is 18.0 Å². The van der Waals surface area contributed by atoms with Crippen LogP contribution in [-0.4, -0.2) is 18.2 Å². The summed E-state index contributed by atoms with van der Waals surface area (Å²) in [5, 5.41) is 7.34. The van der Waals surface area contributed by atoms with Crippen LogP contribution in [0.2, 0.25) is 0 Å². The van der Waals surface area contributed by atoms with E-state index in [0.29, 0.717) is 0 Å². The molecular weight excluding hydrogens is 166 g/mol. The molecule has 1 N–H and O–H groups in total. The van der Waals surface area contributed by atoms with E-state index in [1.165, 1.54) is 18.4 Å². The first-order valence-electron chi connectivity index (χ1n) is 4.88. The Morgan fingerprint density at radius 3 is 2.92 bits per heavy atom. The first kappa shape index (κ1) is 7.38. The average Bonchev–Trinajstić information content (AvgIpc) is 2.79. The number of rotatable bonds is 1. The summed E-state index contributed by atoms with van der Waals surface area (Å²) in [6.45, 7) is 4.04. The average molecular weight is 179 g/mol. The van der Waals surface area contributed by atoms with Crippen LogP contribution in [0.1, 0.15) is 24.1 Å². The molecule has 3 heterocycles. The van der Waals surface area contributed by atoms with Crippen molar-refractivity contribution in [2.24, 2.45) is 0 Å². The fourth-order valence-corrected chi connectivity index (χ4v) is 2.12. The second kappa shape index (κ2) is 2.73. The van der Waals surface area contributed by atoms with Crippen LogP contribution in [0.5, 0.6) is 0 Å². The molecule has 0 amide bonds. The van der Waals surface area contributed by atoms with E-state index in [1.807, 2.05) is 0 Å². The summed E-state index contributed by atoms with van der Waals surface area (Å²) >= 11 is 0. The second-order valence-electron chi connectivity index (χ2n) is 3.71. The van der Waals surface area contributed by atoms with E-state index in [0.717, 1.165) is 37.8 Å². The number of aromatic nitrogens is 1. The van der Waals surface area contributed by atoms with Crippen molar-refractivity contribution >= 4 is 5.88 Å². The van der Waals surface area contributed by atoms with Crippen LogP contribution in [0.4, 0.5) is 5.88 Å². The van der Waals surface area contributed by atoms with Gasteiger partial charge in [-0.1, -0.05) is 5.16 Å². The first-order chi connectivity index (χ1) is 6.45. The molecule has 1 fully saturated rings. The summed E-state index contributed by atoms with van der Waals surface area (Å²) < 4.78 is 5.36. The van der Waals surface area contributed by atoms with Crippen LogP contribution in [0.15, 0.2) is 4.52 Å². The normalized spacial score (nSPS) is 21.1. The van der Waals surface area contributed by atoms with Gasteiger partial charge in [0.2, 0.25) is 5.88 Å². The molecule has 0 aromatic carbocycles. The maximum Gasteiger partial charge on any atom is 0.232 e. The Morgan fingerprint density at radius 1 is 1.23 bits per heavy atom. The van der Waals surface area contributed by atoms with E-state index in [1.54, 1.807) is 0 Å². The summed E-state index contributed by atoms with van der Waals surface area (Å²) in [5.74, 6) is 1.01. The number of nitrogens with one attached hydrogen (secondary N) is 1. The lowest BCUT2D eigenvalue weighted by molar-refractivity contribution is 0.406. The molecule has 1 saturated heterocycles. The van der Waals surface area contributed by atoms with Gasteiger partial charge in [0.1, 0.15) is 5.69 Å². The predicted molar refractivity (Wildman–Crippen MR) is 48.5 cm³/mol. The molecular formula is C9H13N3O. The van der Waals surface area contributed by atoms with E-state index < -0.39 is 0 Å². The van der Waals surface area contributed by atoms with Crippen molar-refractivity contribution in [3.05, 3.63) is 11.3 Å². The molecule has 70 valence electrons. The third-order valence-corrected chi connectivity index (χ3v) is 2.84. The van der Waals surface area contributed by atoms with Gasteiger partial charge in [0.05, 0.1) is 5.56 Å². The summed E-state index contributed by atoms with van der Waals surface area (Å²) in [7, 11) is 0. The molecule has 4 heteroatoms. The largest absolute Gasteiger partial charge is 0.340 e. The van der Waals surface area contributed by atoms with Crippen LogP contribution in [0.25, 0.3) is 0 Å². The Balaban J connectivity index is 1.95. The van der Waals surface area contributed by atoms with Crippen LogP contribution in [0, 0.1) is 0 Å². The topological polar surface area (TPSA) is 41.3 Å². The van der Waals surface area contributed by atoms with Gasteiger partial charge in [-0.15, -0.1) is 0 Å². The molecule has 0 saturated carbocycles. The van der Waals surface area contributed by atoms with Crippen molar-refractivity contribution in [3.8, 4) is 0 Å². The molecule has 0 atom stereocenters. The summed E-state index contributed by atoms with van der Waals surface area (Å²) in [6, 6.07) is 0. The molecule has 1 aromatic rings. The van der Waals surface area contributed by atoms with Crippen LogP contribution in [-0.2, 0) is 13.1 Å². The van der Waals surface area contributed by atoms with Gasteiger partial charge in [0.25, 0.3) is 0 Å². The molecule has 0 spiro atoms. The van der Waals surface area contributed by atoms with Crippen molar-refractivity contribution < 1.29 is 4.52 Å². The Labute approximate surface area is 76.9 Å². The van der Waals surface area contributed by atoms with Crippen LogP contribution >= 0.6 is 0 Å². The van der Waals surface area contributed by atoms with Gasteiger partial charge in [-0.2, -0.15) is 0 Å². The zero-order valence-corrected chi connectivity index (χ0v) is 7.55. The van der Waals surface area contributed by atoms with Crippen LogP contribution in [0.3, 0.4) is 0 Å². The van der Waals surface area contributed by atoms with Gasteiger partial charge < -0.3 is 14.7 Å². The van der Waals surface area contributed by atoms with E-state index in [4.69, 9.17) is 4.52 Å². The fourth-order valence-electron chi connectivity index (χ4n) is 2.12. The highest BCUT2D eigenvalue weighted by atomic mass is 16.5. The highest BCUT2D eigenvalue weighted by Gasteiger charge is 2.25. The van der Waals surface area contributed by atoms with E-state index >= 15 is 0 Å². The molecule has 13 heavy (non-hydrogen) atoms. The number of hydrogen-bond donors (Lipinski definition) is 1. The maximum absolute atomic E-state index is 5.36. The Kier molecular flexibility index (Phi) is 1.55. The number of hydrogen-bond acceptors (Lipinski definition) is 4. The highest BCUT2D eigenvalue weighted by molar-refractivity contribution is 5.48. The second-order valence-corrected chi connectivity index (χ2v) is 3.71. The Hall–Kier alpha value is -1.03. The molecule has 0 aliphatic carbocycles. The summed E-state index contributed by atoms with van der Waals surface area (Å²) in [4.78, 5) is 2.30. The molecule has 2 aliphatic rings. The molecule has 3 rings (SSSR count). The Bertz CT molecular complexity index is 315. The van der Waals surface area contributed by atoms with Crippen molar-refractivity contribution in [3.63, 3.8) is 0 Å². The molecule has 0 bridgehead atoms. The highest BCUT2D eigenvalue weighted by Crippen LogP contribution is 2.29. The minimum absolute atomic E-state index is 0.868. The van der Waals surface area contributed by atoms with E-state index in [9.17, 15) is 0 Å². The third-order valence-electron chi connectivity index (χ3n) is 2.84. The van der Waals surface area contributed by atoms with E-state index in [-0.39, 0.29) is 0 Å². The number of fused-ring (bicyclic) bond motifs is 1. The lowest BCUT2D eigenvalue weighted by atomic mass is 10.3. The SMILES string of the molecule is C1CCN(c2onc3c2CNC3)C1. The third kappa shape index (κ3) is 1.05. The standard InChI is InChI=1S/C9H13N3O/c1-2-4-12(3-1)9-7-5-10-6-8(7)11-13-9/h10H,1-6H2. The molecule has 0 radical (unpaired) electrons. The number of nitrogens with zero attached hydrogens (tertiary/aromatic N) is 2. The molecule has 2 aliphatic heterocycles. The number of anilines is 1. The van der Waals surface area contributed by atoms with E-state index in [2.05, 4.69) is 15.4 Å². The predicted octanol–water partition coefficient (Wildman–Crippen LogP) is 0.878. The van der Waals surface area contributed by atoms with Gasteiger partial charge >= 0.3 is 0 Å². The smallest absolute Gasteiger partial charge is 0.232 e. The van der Waals surface area contributed by atoms with Crippen molar-refractivity contribution in [1.82, 2.24) is 10.5 Å². The van der Waals surface area contributed by atoms with Gasteiger partial charge in [-0.25, -0.2) is 0 Å². The Morgan fingerprint density at radius 2 is 2.08 bits per heavy atom. The molecule has 4 nitrogen and oxygen atoms in total. The van der Waals surface area contributed by atoms with Crippen molar-refractivity contribution in [2.45, 2.75) is 25.9 Å². The fraction of sp³-hybridized carbons (Fsp3) is 0.667. The molecule has 0 unspecified atom stereocenters. The van der Waals surface area contributed by atoms with Gasteiger partial charge in [0.15, 0.2) is 0 Å². The van der Waals surface area contributed by atoms with Crippen LogP contribution < -0.4 is 10.2 Å². The van der Waals surface area contributed by atoms with Gasteiger partial charge in [-0.05, 0) is 12.8 Å². The maximum atomic E-state index is 5.36. The summed E-state index contributed by atoms with van der Waals surface area (Å²) in [5.41, 5.74) is 2.38. The minimum Gasteiger partial charge on any atom is -0.340 e. The van der Waals surface area contributed by atoms with Gasteiger partial charge in [0, 0.05) is 26.2 Å². The van der Waals surface area contributed by atoms with Crippen molar-refractivity contribution in [1.29, 1.82) is 0 Å². The zero-order chi connectivity index (χ0) is 8.67. The lowest BCUT2D eigenvalue weighted by Gasteiger charge is -2.13. The monoisotopic (exact) mass is 179 g/mol. The lowest BCUT2D eigenvalue weighted by Crippen LogP contribution is -2.18. The summed E-state index contributed by atoms with van der Waals surface area (Å²) in [6.07, 6.45) is 2.56. The minimum atomic E-state index is 0.868. The quantitative estimate of drug-likeness (QED) is 0.694. The first-order valence-corrected chi connectivity index (χ1v) is 4.88.